The molecule has 0 amide bonds. The zero-order valence-electron chi connectivity index (χ0n) is 22.6. The molecule has 1 aromatic carbocycles. The highest BCUT2D eigenvalue weighted by Crippen LogP contribution is 2.28. The van der Waals surface area contributed by atoms with E-state index in [0.29, 0.717) is 59.7 Å². The molecule has 14 heteroatoms. The predicted octanol–water partition coefficient (Wildman–Crippen LogP) is 2.75. The van der Waals surface area contributed by atoms with Crippen molar-refractivity contribution >= 4 is 28.3 Å². The fourth-order valence-electron chi connectivity index (χ4n) is 5.21. The van der Waals surface area contributed by atoms with Gasteiger partial charge in [0.1, 0.15) is 23.5 Å². The highest BCUT2D eigenvalue weighted by Gasteiger charge is 2.22. The molecule has 13 nitrogen and oxygen atoms in total. The molecule has 7 rings (SSSR count). The van der Waals surface area contributed by atoms with E-state index in [2.05, 4.69) is 44.9 Å². The van der Waals surface area contributed by atoms with E-state index in [0.717, 1.165) is 36.3 Å². The molecule has 2 N–H and O–H groups in total. The summed E-state index contributed by atoms with van der Waals surface area (Å²) in [5.41, 5.74) is 10.9. The summed E-state index contributed by atoms with van der Waals surface area (Å²) in [5.74, 6) is 0.982. The van der Waals surface area contributed by atoms with Gasteiger partial charge in [-0.3, -0.25) is 9.88 Å². The molecular weight excluding hydrogens is 527 g/mol. The maximum Gasteiger partial charge on any atom is 0.225 e. The number of halogens is 1. The molecule has 0 saturated carbocycles. The van der Waals surface area contributed by atoms with Crippen LogP contribution in [0.15, 0.2) is 47.5 Å². The largest absolute Gasteiger partial charge is 0.449 e. The molecule has 1 aliphatic heterocycles. The van der Waals surface area contributed by atoms with Crippen molar-refractivity contribution in [2.24, 2.45) is 0 Å². The average molecular weight is 555 g/mol. The third-order valence-corrected chi connectivity index (χ3v) is 7.39. The molecule has 1 saturated heterocycles. The lowest BCUT2D eigenvalue weighted by Crippen LogP contribution is -2.47. The second kappa shape index (κ2) is 9.89. The summed E-state index contributed by atoms with van der Waals surface area (Å²) in [7, 11) is 0. The van der Waals surface area contributed by atoms with Gasteiger partial charge in [-0.2, -0.15) is 14.6 Å². The number of rotatable bonds is 6. The average Bonchev–Trinajstić information content (AvgIpc) is 3.72. The van der Waals surface area contributed by atoms with Crippen molar-refractivity contribution in [3.05, 3.63) is 60.5 Å². The summed E-state index contributed by atoms with van der Waals surface area (Å²) < 4.78 is 23.4. The van der Waals surface area contributed by atoms with E-state index in [1.165, 1.54) is 10.6 Å². The molecular formula is C27H27FN12O. The van der Waals surface area contributed by atoms with E-state index < -0.39 is 0 Å². The van der Waals surface area contributed by atoms with E-state index in [-0.39, 0.29) is 11.8 Å². The first kappa shape index (κ1) is 25.0. The topological polar surface area (TPSA) is 145 Å². The second-order valence-corrected chi connectivity index (χ2v) is 9.98. The van der Waals surface area contributed by atoms with Gasteiger partial charge in [-0.05, 0) is 25.1 Å². The Kier molecular flexibility index (Phi) is 6.03. The number of fused-ring (bicyclic) bond motifs is 3. The summed E-state index contributed by atoms with van der Waals surface area (Å²) in [6.07, 6.45) is 6.57. The minimum absolute atomic E-state index is 0.216. The van der Waals surface area contributed by atoms with E-state index in [1.807, 2.05) is 17.7 Å². The standard InChI is InChI=1S/C27H27FN12O/c1-16-23(31-6-5-30-16)24-34-26-19-14-32-39(25(19)35-27(29)40(26)36-24)12-9-37-7-10-38(11-8-37)22-13-18(3-4-20(22)28)21-15-41-17(2)33-21/h3-6,13-15H,7-12H2,1-2H3,(H2,29,35). The summed E-state index contributed by atoms with van der Waals surface area (Å²) >= 11 is 0. The number of hydrogen-bond donors (Lipinski definition) is 1. The van der Waals surface area contributed by atoms with Gasteiger partial charge in [-0.25, -0.2) is 24.0 Å². The maximum atomic E-state index is 14.8. The van der Waals surface area contributed by atoms with Gasteiger partial charge < -0.3 is 15.1 Å². The van der Waals surface area contributed by atoms with Crippen LogP contribution in [-0.4, -0.2) is 81.9 Å². The number of aryl methyl sites for hydroxylation is 2. The molecule has 0 aliphatic carbocycles. The van der Waals surface area contributed by atoms with Crippen LogP contribution in [0.5, 0.6) is 0 Å². The summed E-state index contributed by atoms with van der Waals surface area (Å²) in [6, 6.07) is 5.06. The molecule has 0 bridgehead atoms. The zero-order valence-corrected chi connectivity index (χ0v) is 22.6. The fraction of sp³-hybridized carbons (Fsp3) is 0.296. The minimum Gasteiger partial charge on any atom is -0.449 e. The SMILES string of the molecule is Cc1nc(-c2ccc(F)c(N3CCN(CCn4ncc5c4nc(N)n4nc(-c6nccnc6C)nc54)CC3)c2)co1. The molecule has 0 spiro atoms. The Labute approximate surface area is 233 Å². The van der Waals surface area contributed by atoms with Crippen molar-refractivity contribution in [2.75, 3.05) is 43.4 Å². The number of nitrogen functional groups attached to an aromatic ring is 1. The third kappa shape index (κ3) is 4.51. The first-order chi connectivity index (χ1) is 19.9. The Balaban J connectivity index is 1.05. The molecule has 0 unspecified atom stereocenters. The third-order valence-electron chi connectivity index (χ3n) is 7.39. The zero-order chi connectivity index (χ0) is 28.1. The van der Waals surface area contributed by atoms with Crippen molar-refractivity contribution in [1.82, 2.24) is 49.2 Å². The molecule has 6 heterocycles. The second-order valence-electron chi connectivity index (χ2n) is 9.98. The Morgan fingerprint density at radius 3 is 2.59 bits per heavy atom. The molecule has 0 atom stereocenters. The molecule has 208 valence electrons. The van der Waals surface area contributed by atoms with Gasteiger partial charge in [0, 0.05) is 57.6 Å². The number of oxazole rings is 1. The van der Waals surface area contributed by atoms with Crippen LogP contribution < -0.4 is 10.6 Å². The van der Waals surface area contributed by atoms with Crippen LogP contribution in [0.1, 0.15) is 11.6 Å². The molecule has 1 fully saturated rings. The van der Waals surface area contributed by atoms with E-state index in [1.54, 1.807) is 37.8 Å². The molecule has 5 aromatic heterocycles. The first-order valence-electron chi connectivity index (χ1n) is 13.3. The van der Waals surface area contributed by atoms with Crippen molar-refractivity contribution in [2.45, 2.75) is 20.4 Å². The predicted molar refractivity (Wildman–Crippen MR) is 150 cm³/mol. The van der Waals surface area contributed by atoms with Crippen LogP contribution in [-0.2, 0) is 6.54 Å². The highest BCUT2D eigenvalue weighted by molar-refractivity contribution is 5.90. The number of piperazine rings is 1. The normalized spacial score (nSPS) is 14.5. The summed E-state index contributed by atoms with van der Waals surface area (Å²) in [5, 5.41) is 9.84. The molecule has 41 heavy (non-hydrogen) atoms. The Morgan fingerprint density at radius 2 is 1.80 bits per heavy atom. The quantitative estimate of drug-likeness (QED) is 0.324. The van der Waals surface area contributed by atoms with Crippen molar-refractivity contribution in [3.8, 4) is 22.8 Å². The fourth-order valence-corrected chi connectivity index (χ4v) is 5.21. The number of nitrogens with zero attached hydrogens (tertiary/aromatic N) is 11. The van der Waals surface area contributed by atoms with Gasteiger partial charge in [0.2, 0.25) is 11.8 Å². The van der Waals surface area contributed by atoms with Gasteiger partial charge in [0.15, 0.2) is 17.2 Å². The monoisotopic (exact) mass is 554 g/mol. The molecule has 1 aliphatic rings. The Bertz CT molecular complexity index is 1880. The van der Waals surface area contributed by atoms with Crippen LogP contribution in [0.4, 0.5) is 16.0 Å². The number of benzene rings is 1. The van der Waals surface area contributed by atoms with E-state index in [9.17, 15) is 4.39 Å². The van der Waals surface area contributed by atoms with Crippen LogP contribution in [0.25, 0.3) is 39.5 Å². The molecule has 0 radical (unpaired) electrons. The van der Waals surface area contributed by atoms with E-state index >= 15 is 0 Å². The number of anilines is 2. The lowest BCUT2D eigenvalue weighted by Gasteiger charge is -2.36. The number of hydrogen-bond acceptors (Lipinski definition) is 11. The lowest BCUT2D eigenvalue weighted by molar-refractivity contribution is 0.245. The highest BCUT2D eigenvalue weighted by atomic mass is 19.1. The maximum absolute atomic E-state index is 14.8. The summed E-state index contributed by atoms with van der Waals surface area (Å²) in [4.78, 5) is 26.7. The summed E-state index contributed by atoms with van der Waals surface area (Å²) in [6.45, 7) is 8.00. The van der Waals surface area contributed by atoms with Crippen molar-refractivity contribution < 1.29 is 8.81 Å². The number of nitrogens with two attached hydrogens (primary N) is 1. The van der Waals surface area contributed by atoms with Crippen LogP contribution in [0, 0.1) is 19.7 Å². The van der Waals surface area contributed by atoms with Gasteiger partial charge in [0.05, 0.1) is 29.5 Å². The smallest absolute Gasteiger partial charge is 0.225 e. The van der Waals surface area contributed by atoms with Crippen molar-refractivity contribution in [3.63, 3.8) is 0 Å². The van der Waals surface area contributed by atoms with Gasteiger partial charge in [0.25, 0.3) is 0 Å². The Hall–Kier alpha value is -4.98. The minimum atomic E-state index is -0.244. The number of aromatic nitrogens is 9. The van der Waals surface area contributed by atoms with Crippen LogP contribution >= 0.6 is 0 Å². The lowest BCUT2D eigenvalue weighted by atomic mass is 10.1. The first-order valence-corrected chi connectivity index (χ1v) is 13.3. The van der Waals surface area contributed by atoms with E-state index in [4.69, 9.17) is 10.2 Å². The van der Waals surface area contributed by atoms with Gasteiger partial charge in [-0.15, -0.1) is 5.10 Å². The Morgan fingerprint density at radius 1 is 0.976 bits per heavy atom. The van der Waals surface area contributed by atoms with Gasteiger partial charge in [-0.1, -0.05) is 0 Å². The van der Waals surface area contributed by atoms with Crippen LogP contribution in [0.3, 0.4) is 0 Å². The van der Waals surface area contributed by atoms with Crippen LogP contribution in [0.2, 0.25) is 0 Å². The molecule has 6 aromatic rings. The van der Waals surface area contributed by atoms with Gasteiger partial charge >= 0.3 is 0 Å². The van der Waals surface area contributed by atoms with Crippen molar-refractivity contribution in [1.29, 1.82) is 0 Å².